The van der Waals surface area contributed by atoms with E-state index < -0.39 is 0 Å². The van der Waals surface area contributed by atoms with E-state index in [1.165, 1.54) is 21.9 Å². The van der Waals surface area contributed by atoms with Gasteiger partial charge in [0.2, 0.25) is 5.95 Å². The summed E-state index contributed by atoms with van der Waals surface area (Å²) in [5.74, 6) is 1.80. The van der Waals surface area contributed by atoms with Gasteiger partial charge in [0.05, 0.1) is 22.1 Å². The molecule has 3 heterocycles. The molecule has 3 aromatic heterocycles. The van der Waals surface area contributed by atoms with Gasteiger partial charge in [-0.15, -0.1) is 0 Å². The third-order valence-corrected chi connectivity index (χ3v) is 10.8. The van der Waals surface area contributed by atoms with E-state index in [4.69, 9.17) is 15.0 Å². The molecule has 0 atom stereocenters. The molecule has 11 rings (SSSR count). The zero-order chi connectivity index (χ0) is 37.0. The predicted molar refractivity (Wildman–Crippen MR) is 230 cm³/mol. The molecule has 0 unspecified atom stereocenters. The Morgan fingerprint density at radius 1 is 0.268 bits per heavy atom. The molecule has 5 nitrogen and oxygen atoms in total. The van der Waals surface area contributed by atoms with E-state index in [-0.39, 0.29) is 0 Å². The molecule has 0 aliphatic rings. The Balaban J connectivity index is 1.14. The Hall–Kier alpha value is -7.63. The summed E-state index contributed by atoms with van der Waals surface area (Å²) in [6.07, 6.45) is 0. The van der Waals surface area contributed by atoms with Gasteiger partial charge in [0.25, 0.3) is 0 Å². The van der Waals surface area contributed by atoms with Crippen molar-refractivity contribution in [3.63, 3.8) is 0 Å². The first kappa shape index (κ1) is 31.9. The van der Waals surface area contributed by atoms with Crippen LogP contribution >= 0.6 is 0 Å². The lowest BCUT2D eigenvalue weighted by Gasteiger charge is -2.13. The monoisotopic (exact) mass is 715 g/mol. The third-order valence-electron chi connectivity index (χ3n) is 10.8. The summed E-state index contributed by atoms with van der Waals surface area (Å²) in [5, 5.41) is 4.64. The molecule has 0 saturated heterocycles. The fourth-order valence-corrected chi connectivity index (χ4v) is 8.16. The standard InChI is InChI=1S/C51H33N5/c1-4-14-34(15-5-1)35-24-26-36(27-25-35)37-28-30-39(31-29-37)50-52-49(38-16-6-2-7-17-38)53-51(54-50)56-46-23-13-11-21-42(46)44-33-32-43-41-20-10-12-22-45(41)55(47(43)48(44)56)40-18-8-3-9-19-40/h1-33H. The van der Waals surface area contributed by atoms with Gasteiger partial charge in [-0.05, 0) is 46.5 Å². The van der Waals surface area contributed by atoms with Crippen molar-refractivity contribution < 1.29 is 0 Å². The molecular weight excluding hydrogens is 683 g/mol. The van der Waals surface area contributed by atoms with Crippen LogP contribution in [-0.4, -0.2) is 24.1 Å². The minimum atomic E-state index is 0.568. The Morgan fingerprint density at radius 2 is 0.643 bits per heavy atom. The van der Waals surface area contributed by atoms with Gasteiger partial charge in [-0.3, -0.25) is 4.57 Å². The highest BCUT2D eigenvalue weighted by atomic mass is 15.2. The molecule has 262 valence electrons. The van der Waals surface area contributed by atoms with Crippen LogP contribution in [0.3, 0.4) is 0 Å². The molecule has 0 radical (unpaired) electrons. The number of hydrogen-bond acceptors (Lipinski definition) is 3. The molecule has 0 N–H and O–H groups in total. The number of rotatable bonds is 6. The van der Waals surface area contributed by atoms with Crippen molar-refractivity contribution in [2.45, 2.75) is 0 Å². The Bertz CT molecular complexity index is 3200. The van der Waals surface area contributed by atoms with Crippen LogP contribution in [0.2, 0.25) is 0 Å². The van der Waals surface area contributed by atoms with Crippen molar-refractivity contribution in [2.24, 2.45) is 0 Å². The highest BCUT2D eigenvalue weighted by molar-refractivity contribution is 6.23. The van der Waals surface area contributed by atoms with Crippen LogP contribution in [0.4, 0.5) is 0 Å². The molecule has 0 aliphatic heterocycles. The molecule has 0 saturated carbocycles. The molecule has 0 spiro atoms. The molecular formula is C51H33N5. The van der Waals surface area contributed by atoms with Gasteiger partial charge >= 0.3 is 0 Å². The lowest BCUT2D eigenvalue weighted by molar-refractivity contribution is 0.953. The van der Waals surface area contributed by atoms with Gasteiger partial charge < -0.3 is 4.57 Å². The first-order valence-corrected chi connectivity index (χ1v) is 18.9. The Morgan fingerprint density at radius 3 is 1.18 bits per heavy atom. The average molecular weight is 716 g/mol. The first-order chi connectivity index (χ1) is 27.8. The van der Waals surface area contributed by atoms with E-state index >= 15 is 0 Å². The quantitative estimate of drug-likeness (QED) is 0.172. The van der Waals surface area contributed by atoms with E-state index in [9.17, 15) is 0 Å². The Labute approximate surface area is 323 Å². The number of hydrogen-bond donors (Lipinski definition) is 0. The lowest BCUT2D eigenvalue weighted by atomic mass is 9.99. The predicted octanol–water partition coefficient (Wildman–Crippen LogP) is 12.7. The van der Waals surface area contributed by atoms with Gasteiger partial charge in [-0.2, -0.15) is 9.97 Å². The van der Waals surface area contributed by atoms with Crippen molar-refractivity contribution in [3.05, 3.63) is 200 Å². The third kappa shape index (κ3) is 5.21. The van der Waals surface area contributed by atoms with E-state index in [1.807, 2.05) is 24.3 Å². The normalized spacial score (nSPS) is 11.6. The second-order valence-electron chi connectivity index (χ2n) is 14.1. The molecule has 0 amide bonds. The summed E-state index contributed by atoms with van der Waals surface area (Å²) in [6.45, 7) is 0. The molecule has 11 aromatic rings. The zero-order valence-corrected chi connectivity index (χ0v) is 30.3. The molecule has 56 heavy (non-hydrogen) atoms. The second-order valence-corrected chi connectivity index (χ2v) is 14.1. The van der Waals surface area contributed by atoms with E-state index in [2.05, 4.69) is 185 Å². The molecule has 0 fully saturated rings. The number of aromatic nitrogens is 5. The molecule has 0 bridgehead atoms. The minimum Gasteiger partial charge on any atom is -0.307 e. The number of benzene rings is 8. The van der Waals surface area contributed by atoms with Crippen molar-refractivity contribution in [3.8, 4) is 56.7 Å². The smallest absolute Gasteiger partial charge is 0.238 e. The summed E-state index contributed by atoms with van der Waals surface area (Å²) in [7, 11) is 0. The van der Waals surface area contributed by atoms with Crippen LogP contribution in [0.1, 0.15) is 0 Å². The van der Waals surface area contributed by atoms with Gasteiger partial charge in [0, 0.05) is 38.4 Å². The highest BCUT2D eigenvalue weighted by Gasteiger charge is 2.23. The van der Waals surface area contributed by atoms with Gasteiger partial charge in [-0.1, -0.05) is 176 Å². The maximum atomic E-state index is 5.31. The van der Waals surface area contributed by atoms with Gasteiger partial charge in [0.15, 0.2) is 11.6 Å². The number of nitrogens with zero attached hydrogens (tertiary/aromatic N) is 5. The van der Waals surface area contributed by atoms with Gasteiger partial charge in [-0.25, -0.2) is 4.98 Å². The van der Waals surface area contributed by atoms with Crippen molar-refractivity contribution in [1.82, 2.24) is 24.1 Å². The number of para-hydroxylation sites is 3. The zero-order valence-electron chi connectivity index (χ0n) is 30.3. The summed E-state index contributed by atoms with van der Waals surface area (Å²) >= 11 is 0. The van der Waals surface area contributed by atoms with Crippen LogP contribution in [0.5, 0.6) is 0 Å². The van der Waals surface area contributed by atoms with Crippen LogP contribution in [0.25, 0.3) is 100 Å². The van der Waals surface area contributed by atoms with E-state index in [0.717, 1.165) is 60.8 Å². The minimum absolute atomic E-state index is 0.568. The second kappa shape index (κ2) is 13.0. The fraction of sp³-hybridized carbons (Fsp3) is 0. The Kier molecular flexibility index (Phi) is 7.42. The molecule has 8 aromatic carbocycles. The van der Waals surface area contributed by atoms with Crippen LogP contribution in [-0.2, 0) is 0 Å². The fourth-order valence-electron chi connectivity index (χ4n) is 8.16. The molecule has 0 aliphatic carbocycles. The number of fused-ring (bicyclic) bond motifs is 7. The summed E-state index contributed by atoms with van der Waals surface area (Å²) in [4.78, 5) is 15.7. The van der Waals surface area contributed by atoms with Crippen LogP contribution < -0.4 is 0 Å². The first-order valence-electron chi connectivity index (χ1n) is 18.9. The molecule has 5 heteroatoms. The SMILES string of the molecule is c1ccc(-c2ccc(-c3ccc(-c4nc(-c5ccccc5)nc(-n5c6ccccc6c6ccc7c8ccccc8n(-c8ccccc8)c7c65)n4)cc3)cc2)cc1. The largest absolute Gasteiger partial charge is 0.307 e. The van der Waals surface area contributed by atoms with Crippen molar-refractivity contribution in [1.29, 1.82) is 0 Å². The topological polar surface area (TPSA) is 48.5 Å². The maximum Gasteiger partial charge on any atom is 0.238 e. The average Bonchev–Trinajstić information content (AvgIpc) is 3.80. The van der Waals surface area contributed by atoms with E-state index in [1.54, 1.807) is 0 Å². The summed E-state index contributed by atoms with van der Waals surface area (Å²) in [5.41, 5.74) is 12.0. The van der Waals surface area contributed by atoms with Crippen LogP contribution in [0, 0.1) is 0 Å². The summed E-state index contributed by atoms with van der Waals surface area (Å²) in [6, 6.07) is 70.3. The van der Waals surface area contributed by atoms with E-state index in [0.29, 0.717) is 17.6 Å². The van der Waals surface area contributed by atoms with Crippen LogP contribution in [0.15, 0.2) is 200 Å². The lowest BCUT2D eigenvalue weighted by Crippen LogP contribution is -2.07. The summed E-state index contributed by atoms with van der Waals surface area (Å²) < 4.78 is 4.62. The maximum absolute atomic E-state index is 5.31. The highest BCUT2D eigenvalue weighted by Crippen LogP contribution is 2.41. The van der Waals surface area contributed by atoms with Crippen molar-refractivity contribution >= 4 is 43.6 Å². The van der Waals surface area contributed by atoms with Gasteiger partial charge in [0.1, 0.15) is 0 Å². The van der Waals surface area contributed by atoms with Crippen molar-refractivity contribution in [2.75, 3.05) is 0 Å².